The average Bonchev–Trinajstić information content (AvgIpc) is 2.38. The van der Waals surface area contributed by atoms with E-state index in [1.54, 1.807) is 12.1 Å². The molecule has 6 nitrogen and oxygen atoms in total. The first-order chi connectivity index (χ1) is 9.03. The van der Waals surface area contributed by atoms with Crippen molar-refractivity contribution in [1.29, 1.82) is 5.26 Å². The summed E-state index contributed by atoms with van der Waals surface area (Å²) < 4.78 is 26.6. The molecular weight excluding hydrogens is 264 g/mol. The Morgan fingerprint density at radius 1 is 1.32 bits per heavy atom. The summed E-state index contributed by atoms with van der Waals surface area (Å²) >= 11 is 0. The zero-order valence-corrected chi connectivity index (χ0v) is 10.6. The van der Waals surface area contributed by atoms with E-state index in [0.29, 0.717) is 11.3 Å². The highest BCUT2D eigenvalue weighted by atomic mass is 32.2. The molecule has 19 heavy (non-hydrogen) atoms. The van der Waals surface area contributed by atoms with Crippen LogP contribution in [-0.4, -0.2) is 13.4 Å². The van der Waals surface area contributed by atoms with Crippen LogP contribution in [0.5, 0.6) is 0 Å². The maximum atomic E-state index is 12.1. The number of benzene rings is 1. The third-order valence-corrected chi connectivity index (χ3v) is 3.80. The second-order valence-electron chi connectivity index (χ2n) is 3.71. The largest absolute Gasteiger partial charge is 0.398 e. The molecule has 2 aromatic rings. The first kappa shape index (κ1) is 12.9. The first-order valence-corrected chi connectivity index (χ1v) is 6.74. The van der Waals surface area contributed by atoms with Gasteiger partial charge in [0.05, 0.1) is 29.2 Å². The van der Waals surface area contributed by atoms with E-state index in [1.165, 1.54) is 30.6 Å². The molecule has 0 bridgehead atoms. The van der Waals surface area contributed by atoms with E-state index in [4.69, 9.17) is 11.0 Å². The number of nitrogens with one attached hydrogen (secondary N) is 1. The van der Waals surface area contributed by atoms with Crippen molar-refractivity contribution in [2.45, 2.75) is 4.90 Å². The van der Waals surface area contributed by atoms with Gasteiger partial charge in [0, 0.05) is 6.20 Å². The molecule has 2 rings (SSSR count). The Hall–Kier alpha value is -2.59. The van der Waals surface area contributed by atoms with Crippen LogP contribution in [0.15, 0.2) is 47.6 Å². The number of nitrogens with zero attached hydrogens (tertiary/aromatic N) is 2. The van der Waals surface area contributed by atoms with Crippen LogP contribution in [0.4, 0.5) is 11.4 Å². The summed E-state index contributed by atoms with van der Waals surface area (Å²) in [5.41, 5.74) is 6.32. The minimum atomic E-state index is -3.79. The van der Waals surface area contributed by atoms with Gasteiger partial charge in [-0.1, -0.05) is 0 Å². The molecule has 1 heterocycles. The van der Waals surface area contributed by atoms with E-state index >= 15 is 0 Å². The summed E-state index contributed by atoms with van der Waals surface area (Å²) in [7, 11) is -3.79. The van der Waals surface area contributed by atoms with E-state index in [0.717, 1.165) is 0 Å². The van der Waals surface area contributed by atoms with Crippen LogP contribution in [0.3, 0.4) is 0 Å². The highest BCUT2D eigenvalue weighted by molar-refractivity contribution is 7.92. The van der Waals surface area contributed by atoms with E-state index in [9.17, 15) is 8.42 Å². The predicted octanol–water partition coefficient (Wildman–Crippen LogP) is 1.34. The molecule has 0 amide bonds. The minimum Gasteiger partial charge on any atom is -0.398 e. The third-order valence-electron chi connectivity index (χ3n) is 2.34. The van der Waals surface area contributed by atoms with Gasteiger partial charge < -0.3 is 5.73 Å². The highest BCUT2D eigenvalue weighted by Crippen LogP contribution is 2.22. The van der Waals surface area contributed by atoms with Crippen molar-refractivity contribution in [3.8, 4) is 6.07 Å². The normalized spacial score (nSPS) is 10.7. The number of anilines is 2. The van der Waals surface area contributed by atoms with Crippen LogP contribution in [-0.2, 0) is 10.0 Å². The lowest BCUT2D eigenvalue weighted by atomic mass is 10.2. The van der Waals surface area contributed by atoms with Crippen LogP contribution >= 0.6 is 0 Å². The van der Waals surface area contributed by atoms with E-state index in [1.807, 2.05) is 6.07 Å². The maximum Gasteiger partial charge on any atom is 0.263 e. The highest BCUT2D eigenvalue weighted by Gasteiger charge is 2.17. The number of hydrogen-bond acceptors (Lipinski definition) is 5. The van der Waals surface area contributed by atoms with Crippen LogP contribution in [0.25, 0.3) is 0 Å². The standard InChI is InChI=1S/C12H10N4O2S/c13-7-9-3-4-12(11(14)6-9)19(17,18)16-10-2-1-5-15-8-10/h1-6,8,16H,14H2. The number of hydrogen-bond donors (Lipinski definition) is 2. The number of nitrogens with two attached hydrogens (primary N) is 1. The Balaban J connectivity index is 2.38. The number of nitriles is 1. The fraction of sp³-hybridized carbons (Fsp3) is 0. The zero-order chi connectivity index (χ0) is 13.9. The lowest BCUT2D eigenvalue weighted by Crippen LogP contribution is -2.15. The molecule has 0 spiro atoms. The van der Waals surface area contributed by atoms with Crippen molar-refractivity contribution in [2.75, 3.05) is 10.5 Å². The molecular formula is C12H10N4O2S. The third kappa shape index (κ3) is 2.81. The van der Waals surface area contributed by atoms with E-state index < -0.39 is 10.0 Å². The van der Waals surface area contributed by atoms with Crippen LogP contribution < -0.4 is 10.5 Å². The van der Waals surface area contributed by atoms with Gasteiger partial charge in [-0.05, 0) is 30.3 Å². The molecule has 96 valence electrons. The van der Waals surface area contributed by atoms with Crippen molar-refractivity contribution in [3.05, 3.63) is 48.3 Å². The average molecular weight is 274 g/mol. The summed E-state index contributed by atoms with van der Waals surface area (Å²) in [6, 6.07) is 9.09. The maximum absolute atomic E-state index is 12.1. The van der Waals surface area contributed by atoms with Gasteiger partial charge in [-0.25, -0.2) is 8.42 Å². The lowest BCUT2D eigenvalue weighted by molar-refractivity contribution is 0.601. The van der Waals surface area contributed by atoms with Gasteiger partial charge in [0.2, 0.25) is 0 Å². The molecule has 0 saturated heterocycles. The van der Waals surface area contributed by atoms with Gasteiger partial charge in [-0.3, -0.25) is 9.71 Å². The molecule has 0 radical (unpaired) electrons. The van der Waals surface area contributed by atoms with Gasteiger partial charge in [0.15, 0.2) is 0 Å². The first-order valence-electron chi connectivity index (χ1n) is 5.25. The van der Waals surface area contributed by atoms with Crippen LogP contribution in [0, 0.1) is 11.3 Å². The molecule has 0 fully saturated rings. The molecule has 1 aromatic heterocycles. The Labute approximate surface area is 110 Å². The smallest absolute Gasteiger partial charge is 0.263 e. The zero-order valence-electron chi connectivity index (χ0n) is 9.74. The summed E-state index contributed by atoms with van der Waals surface area (Å²) in [6.07, 6.45) is 2.92. The monoisotopic (exact) mass is 274 g/mol. The lowest BCUT2D eigenvalue weighted by Gasteiger charge is -2.09. The second-order valence-corrected chi connectivity index (χ2v) is 5.36. The molecule has 0 aliphatic heterocycles. The van der Waals surface area contributed by atoms with Gasteiger partial charge in [-0.15, -0.1) is 0 Å². The SMILES string of the molecule is N#Cc1ccc(S(=O)(=O)Nc2cccnc2)c(N)c1. The van der Waals surface area contributed by atoms with E-state index in [2.05, 4.69) is 9.71 Å². The number of aromatic nitrogens is 1. The molecule has 0 atom stereocenters. The number of rotatable bonds is 3. The van der Waals surface area contributed by atoms with Crippen molar-refractivity contribution >= 4 is 21.4 Å². The van der Waals surface area contributed by atoms with Crippen LogP contribution in [0.2, 0.25) is 0 Å². The van der Waals surface area contributed by atoms with Gasteiger partial charge in [-0.2, -0.15) is 5.26 Å². The number of pyridine rings is 1. The Kier molecular flexibility index (Phi) is 3.35. The van der Waals surface area contributed by atoms with Crippen molar-refractivity contribution < 1.29 is 8.42 Å². The van der Waals surface area contributed by atoms with Gasteiger partial charge in [0.25, 0.3) is 10.0 Å². The van der Waals surface area contributed by atoms with Crippen molar-refractivity contribution in [1.82, 2.24) is 4.98 Å². The summed E-state index contributed by atoms with van der Waals surface area (Å²) in [5.74, 6) is 0. The molecule has 0 saturated carbocycles. The fourth-order valence-electron chi connectivity index (χ4n) is 1.50. The van der Waals surface area contributed by atoms with E-state index in [-0.39, 0.29) is 10.6 Å². The number of sulfonamides is 1. The summed E-state index contributed by atoms with van der Waals surface area (Å²) in [6.45, 7) is 0. The molecule has 3 N–H and O–H groups in total. The second kappa shape index (κ2) is 4.96. The molecule has 7 heteroatoms. The number of nitrogen functional groups attached to an aromatic ring is 1. The topological polar surface area (TPSA) is 109 Å². The summed E-state index contributed by atoms with van der Waals surface area (Å²) in [4.78, 5) is 3.74. The molecule has 0 aliphatic carbocycles. The van der Waals surface area contributed by atoms with Crippen molar-refractivity contribution in [2.24, 2.45) is 0 Å². The van der Waals surface area contributed by atoms with Gasteiger partial charge in [0.1, 0.15) is 4.90 Å². The van der Waals surface area contributed by atoms with Gasteiger partial charge >= 0.3 is 0 Å². The van der Waals surface area contributed by atoms with Crippen molar-refractivity contribution in [3.63, 3.8) is 0 Å². The Bertz CT molecular complexity index is 736. The Morgan fingerprint density at radius 2 is 2.11 bits per heavy atom. The van der Waals surface area contributed by atoms with Crippen LogP contribution in [0.1, 0.15) is 5.56 Å². The molecule has 0 unspecified atom stereocenters. The predicted molar refractivity (Wildman–Crippen MR) is 70.6 cm³/mol. The molecule has 1 aromatic carbocycles. The quantitative estimate of drug-likeness (QED) is 0.821. The summed E-state index contributed by atoms with van der Waals surface area (Å²) in [5, 5.41) is 8.71. The Morgan fingerprint density at radius 3 is 2.68 bits per heavy atom. The minimum absolute atomic E-state index is 0.0236. The molecule has 0 aliphatic rings. The fourth-order valence-corrected chi connectivity index (χ4v) is 2.65.